The number of pyridine rings is 2. The van der Waals surface area contributed by atoms with Gasteiger partial charge in [0, 0.05) is 71.9 Å². The van der Waals surface area contributed by atoms with Gasteiger partial charge in [-0.05, 0) is 126 Å². The van der Waals surface area contributed by atoms with Crippen LogP contribution in [0.4, 0.5) is 11.4 Å². The van der Waals surface area contributed by atoms with Gasteiger partial charge in [0.1, 0.15) is 0 Å². The summed E-state index contributed by atoms with van der Waals surface area (Å²) in [5.74, 6) is -0.313. The third-order valence-electron chi connectivity index (χ3n) is 10.8. The van der Waals surface area contributed by atoms with Gasteiger partial charge < -0.3 is 31.9 Å². The first-order chi connectivity index (χ1) is 26.7. The Bertz CT molecular complexity index is 1860. The summed E-state index contributed by atoms with van der Waals surface area (Å²) in [7, 11) is 0. The van der Waals surface area contributed by atoms with E-state index < -0.39 is 0 Å². The van der Waals surface area contributed by atoms with E-state index in [2.05, 4.69) is 80.4 Å². The Kier molecular flexibility index (Phi) is 13.2. The Morgan fingerprint density at radius 3 is 1.30 bits per heavy atom. The molecule has 0 unspecified atom stereocenters. The van der Waals surface area contributed by atoms with Crippen LogP contribution in [0.3, 0.4) is 0 Å². The third kappa shape index (κ3) is 9.46. The molecule has 54 heavy (non-hydrogen) atoms. The fourth-order valence-corrected chi connectivity index (χ4v) is 7.96. The molecule has 2 aromatic heterocycles. The van der Waals surface area contributed by atoms with Crippen LogP contribution in [0.1, 0.15) is 73.9 Å². The van der Waals surface area contributed by atoms with Crippen LogP contribution in [0.15, 0.2) is 72.1 Å². The van der Waals surface area contributed by atoms with Crippen molar-refractivity contribution in [1.29, 1.82) is 0 Å². The minimum Gasteiger partial charge on any atom is -0.384 e. The highest BCUT2D eigenvalue weighted by atomic mass is 16.1. The molecule has 0 atom stereocenters. The van der Waals surface area contributed by atoms with Gasteiger partial charge in [0.2, 0.25) is 11.6 Å². The second kappa shape index (κ2) is 19.0. The number of fused-ring (bicyclic) bond motifs is 4. The molecule has 0 aliphatic heterocycles. The lowest BCUT2D eigenvalue weighted by Crippen LogP contribution is -2.31. The molecule has 0 spiro atoms. The van der Waals surface area contributed by atoms with Crippen molar-refractivity contribution in [2.24, 2.45) is 0 Å². The molecule has 3 aliphatic carbocycles. The van der Waals surface area contributed by atoms with Crippen molar-refractivity contribution >= 4 is 44.7 Å². The second-order valence-corrected chi connectivity index (χ2v) is 14.7. The summed E-state index contributed by atoms with van der Waals surface area (Å²) in [4.78, 5) is 35.3. The molecule has 10 heteroatoms. The molecule has 7 rings (SSSR count). The van der Waals surface area contributed by atoms with Gasteiger partial charge in [-0.15, -0.1) is 0 Å². The van der Waals surface area contributed by atoms with E-state index in [1.807, 2.05) is 0 Å². The topological polar surface area (TPSA) is 132 Å². The van der Waals surface area contributed by atoms with Crippen LogP contribution in [0.25, 0.3) is 21.8 Å². The summed E-state index contributed by atoms with van der Waals surface area (Å²) in [5, 5.41) is 23.3. The van der Waals surface area contributed by atoms with E-state index in [-0.39, 0.29) is 11.6 Å². The minimum atomic E-state index is -0.157. The lowest BCUT2D eigenvalue weighted by molar-refractivity contribution is -0.115. The van der Waals surface area contributed by atoms with Gasteiger partial charge in [0.25, 0.3) is 0 Å². The molecule has 0 saturated carbocycles. The number of hydrogen-bond acceptors (Lipinski definition) is 10. The molecule has 0 bridgehead atoms. The van der Waals surface area contributed by atoms with Crippen LogP contribution in [0, 0.1) is 0 Å². The standard InChI is InChI=1S/C44H56N8O2/c53-41-30-40(48-26-10-22-46-24-12-28-50-44-33-15-3-7-19-37(33)52-38-20-8-4-16-34(38)44)42(54)29-39(41)47-25-9-21-45-23-11-27-49-43-31-13-1-5-17-35(31)51-36-18-6-2-14-32(36)43/h1,3,5,7,13,15,17,19,29-30,45-48H,2,4,6,8-12,14,16,18,20-28H2,(H,49,51)(H,50,52). The third-order valence-corrected chi connectivity index (χ3v) is 10.8. The lowest BCUT2D eigenvalue weighted by Gasteiger charge is -2.21. The molecule has 6 N–H and O–H groups in total. The Balaban J connectivity index is 0.726. The van der Waals surface area contributed by atoms with Crippen LogP contribution in [-0.2, 0) is 35.3 Å². The van der Waals surface area contributed by atoms with Gasteiger partial charge in [-0.25, -0.2) is 0 Å². The Labute approximate surface area is 319 Å². The first-order valence-electron chi connectivity index (χ1n) is 20.4. The fraction of sp³-hybridized carbons (Fsp3) is 0.455. The number of carbonyl (C=O) groups is 2. The van der Waals surface area contributed by atoms with Crippen LogP contribution in [-0.4, -0.2) is 73.9 Å². The van der Waals surface area contributed by atoms with Crippen LogP contribution < -0.4 is 31.9 Å². The SMILES string of the molecule is O=C1C=C(NCCCNCCCNc2c3c(nc4ccccc24)CCCC3)C(=O)C=C1NCCCNCCCNc1c2c(nc3ccccc13)CCCC2. The fourth-order valence-electron chi connectivity index (χ4n) is 7.96. The number of aromatic nitrogens is 2. The van der Waals surface area contributed by atoms with E-state index >= 15 is 0 Å². The molecular weight excluding hydrogens is 673 g/mol. The highest BCUT2D eigenvalue weighted by Gasteiger charge is 2.21. The average Bonchev–Trinajstić information content (AvgIpc) is 3.20. The van der Waals surface area contributed by atoms with Crippen molar-refractivity contribution in [3.8, 4) is 0 Å². The molecule has 2 aromatic carbocycles. The average molecular weight is 729 g/mol. The van der Waals surface area contributed by atoms with E-state index in [9.17, 15) is 9.59 Å². The van der Waals surface area contributed by atoms with Gasteiger partial charge >= 0.3 is 0 Å². The van der Waals surface area contributed by atoms with Crippen LogP contribution >= 0.6 is 0 Å². The van der Waals surface area contributed by atoms with Crippen molar-refractivity contribution < 1.29 is 9.59 Å². The summed E-state index contributed by atoms with van der Waals surface area (Å²) in [6.45, 7) is 6.56. The maximum atomic E-state index is 12.7. The Morgan fingerprint density at radius 2 is 0.852 bits per heavy atom. The van der Waals surface area contributed by atoms with Gasteiger partial charge in [0.15, 0.2) is 0 Å². The zero-order valence-corrected chi connectivity index (χ0v) is 31.6. The first kappa shape index (κ1) is 37.5. The minimum absolute atomic E-state index is 0.157. The van der Waals surface area contributed by atoms with Crippen molar-refractivity contribution in [3.63, 3.8) is 0 Å². The summed E-state index contributed by atoms with van der Waals surface area (Å²) in [5.41, 5.74) is 10.8. The zero-order chi connectivity index (χ0) is 37.0. The quantitative estimate of drug-likeness (QED) is 0.0483. The van der Waals surface area contributed by atoms with E-state index in [0.29, 0.717) is 24.5 Å². The summed E-state index contributed by atoms with van der Waals surface area (Å²) in [6, 6.07) is 16.9. The van der Waals surface area contributed by atoms with E-state index in [1.165, 1.54) is 82.5 Å². The molecular formula is C44H56N8O2. The smallest absolute Gasteiger partial charge is 0.203 e. The number of nitrogens with zero attached hydrogens (tertiary/aromatic N) is 2. The monoisotopic (exact) mass is 728 g/mol. The number of rotatable bonds is 20. The van der Waals surface area contributed by atoms with Crippen molar-refractivity contribution in [2.75, 3.05) is 63.0 Å². The molecule has 2 heterocycles. The number of anilines is 2. The normalized spacial score (nSPS) is 15.4. The van der Waals surface area contributed by atoms with E-state index in [4.69, 9.17) is 9.97 Å². The van der Waals surface area contributed by atoms with Gasteiger partial charge in [0.05, 0.1) is 22.4 Å². The number of para-hydroxylation sites is 2. The molecule has 10 nitrogen and oxygen atoms in total. The number of carbonyl (C=O) groups excluding carboxylic acids is 2. The molecule has 0 amide bonds. The highest BCUT2D eigenvalue weighted by molar-refractivity contribution is 6.19. The van der Waals surface area contributed by atoms with Crippen molar-refractivity contribution in [1.82, 2.24) is 31.2 Å². The molecule has 0 saturated heterocycles. The Morgan fingerprint density at radius 1 is 0.463 bits per heavy atom. The van der Waals surface area contributed by atoms with Gasteiger partial charge in [-0.2, -0.15) is 0 Å². The van der Waals surface area contributed by atoms with Gasteiger partial charge in [-0.3, -0.25) is 19.6 Å². The maximum absolute atomic E-state index is 12.7. The van der Waals surface area contributed by atoms with Crippen LogP contribution in [0.2, 0.25) is 0 Å². The largest absolute Gasteiger partial charge is 0.384 e. The first-order valence-corrected chi connectivity index (χ1v) is 20.4. The maximum Gasteiger partial charge on any atom is 0.203 e. The molecule has 4 aromatic rings. The molecule has 284 valence electrons. The number of nitrogens with one attached hydrogen (secondary N) is 6. The predicted octanol–water partition coefficient (Wildman–Crippen LogP) is 5.90. The zero-order valence-electron chi connectivity index (χ0n) is 31.6. The number of ketones is 2. The summed E-state index contributed by atoms with van der Waals surface area (Å²) < 4.78 is 0. The Hall–Kier alpha value is -4.80. The van der Waals surface area contributed by atoms with Crippen LogP contribution in [0.5, 0.6) is 0 Å². The van der Waals surface area contributed by atoms with E-state index in [1.54, 1.807) is 0 Å². The summed E-state index contributed by atoms with van der Waals surface area (Å²) in [6.07, 6.45) is 15.8. The number of hydrogen-bond donors (Lipinski definition) is 6. The molecule has 3 aliphatic rings. The lowest BCUT2D eigenvalue weighted by atomic mass is 9.92. The van der Waals surface area contributed by atoms with E-state index in [0.717, 1.165) is 102 Å². The van der Waals surface area contributed by atoms with Gasteiger partial charge in [-0.1, -0.05) is 36.4 Å². The van der Waals surface area contributed by atoms with Crippen molar-refractivity contribution in [3.05, 3.63) is 94.6 Å². The predicted molar refractivity (Wildman–Crippen MR) is 220 cm³/mol. The number of benzene rings is 2. The molecule has 0 fully saturated rings. The highest BCUT2D eigenvalue weighted by Crippen LogP contribution is 2.34. The second-order valence-electron chi connectivity index (χ2n) is 14.7. The number of allylic oxidation sites excluding steroid dienone is 2. The molecule has 0 radical (unpaired) electrons. The number of aryl methyl sites for hydroxylation is 2. The van der Waals surface area contributed by atoms with Crippen molar-refractivity contribution in [2.45, 2.75) is 77.0 Å². The summed E-state index contributed by atoms with van der Waals surface area (Å²) >= 11 is 0.